The van der Waals surface area contributed by atoms with Crippen molar-refractivity contribution >= 4 is 11.8 Å². The van der Waals surface area contributed by atoms with E-state index in [2.05, 4.69) is 28.7 Å². The predicted octanol–water partition coefficient (Wildman–Crippen LogP) is 1.68. The minimum Gasteiger partial charge on any atom is -0.384 e. The summed E-state index contributed by atoms with van der Waals surface area (Å²) in [5.41, 5.74) is 5.67. The molecule has 1 aromatic heterocycles. The van der Waals surface area contributed by atoms with Gasteiger partial charge in [-0.15, -0.1) is 0 Å². The summed E-state index contributed by atoms with van der Waals surface area (Å²) in [5, 5.41) is 0. The number of nitrogens with zero attached hydrogens (tertiary/aromatic N) is 3. The van der Waals surface area contributed by atoms with Crippen LogP contribution in [0, 0.1) is 5.92 Å². The third kappa shape index (κ3) is 2.03. The Morgan fingerprint density at radius 2 is 2.33 bits per heavy atom. The topological polar surface area (TPSA) is 55.0 Å². The van der Waals surface area contributed by atoms with Crippen LogP contribution in [0.1, 0.15) is 26.7 Å². The highest BCUT2D eigenvalue weighted by atomic mass is 15.3. The molecule has 0 amide bonds. The van der Waals surface area contributed by atoms with Gasteiger partial charge in [0.1, 0.15) is 5.82 Å². The summed E-state index contributed by atoms with van der Waals surface area (Å²) in [6.45, 7) is 5.54. The van der Waals surface area contributed by atoms with Gasteiger partial charge in [-0.05, 0) is 24.8 Å². The van der Waals surface area contributed by atoms with E-state index in [4.69, 9.17) is 5.73 Å². The Hall–Kier alpha value is -1.32. The predicted molar refractivity (Wildman–Crippen MR) is 61.7 cm³/mol. The molecule has 1 fully saturated rings. The lowest BCUT2D eigenvalue weighted by Crippen LogP contribution is -2.34. The van der Waals surface area contributed by atoms with Crippen LogP contribution in [0.4, 0.5) is 11.8 Å². The number of anilines is 2. The molecule has 1 atom stereocenters. The van der Waals surface area contributed by atoms with Gasteiger partial charge < -0.3 is 10.6 Å². The molecule has 2 heterocycles. The van der Waals surface area contributed by atoms with E-state index in [0.717, 1.165) is 12.5 Å². The molecule has 0 radical (unpaired) electrons. The number of nitrogens with two attached hydrogens (primary N) is 1. The zero-order chi connectivity index (χ0) is 10.8. The van der Waals surface area contributed by atoms with Crippen LogP contribution in [0.15, 0.2) is 12.3 Å². The number of hydrogen-bond acceptors (Lipinski definition) is 4. The first-order chi connectivity index (χ1) is 7.18. The fourth-order valence-electron chi connectivity index (χ4n) is 2.23. The Kier molecular flexibility index (Phi) is 2.75. The van der Waals surface area contributed by atoms with E-state index in [9.17, 15) is 0 Å². The molecule has 1 aliphatic heterocycles. The van der Waals surface area contributed by atoms with Crippen LogP contribution < -0.4 is 10.6 Å². The van der Waals surface area contributed by atoms with Crippen LogP contribution in [-0.2, 0) is 0 Å². The Balaban J connectivity index is 2.22. The third-order valence-electron chi connectivity index (χ3n) is 2.99. The SMILES string of the molecule is CC(C)C1CCCN1c1nccc(N)n1. The minimum atomic E-state index is 0.550. The molecule has 2 rings (SSSR count). The van der Waals surface area contributed by atoms with Gasteiger partial charge in [0.15, 0.2) is 0 Å². The standard InChI is InChI=1S/C11H18N4/c1-8(2)9-4-3-7-15(9)11-13-6-5-10(12)14-11/h5-6,8-9H,3-4,7H2,1-2H3,(H2,12,13,14). The van der Waals surface area contributed by atoms with Crippen molar-refractivity contribution in [3.05, 3.63) is 12.3 Å². The summed E-state index contributed by atoms with van der Waals surface area (Å²) in [4.78, 5) is 10.8. The molecule has 4 heteroatoms. The first-order valence-electron chi connectivity index (χ1n) is 5.53. The van der Waals surface area contributed by atoms with E-state index in [0.29, 0.717) is 17.8 Å². The highest BCUT2D eigenvalue weighted by molar-refractivity contribution is 5.39. The number of hydrogen-bond donors (Lipinski definition) is 1. The smallest absolute Gasteiger partial charge is 0.227 e. The van der Waals surface area contributed by atoms with Gasteiger partial charge in [0.2, 0.25) is 5.95 Å². The van der Waals surface area contributed by atoms with Crippen LogP contribution >= 0.6 is 0 Å². The summed E-state index contributed by atoms with van der Waals surface area (Å²) in [7, 11) is 0. The fraction of sp³-hybridized carbons (Fsp3) is 0.636. The average Bonchev–Trinajstić information content (AvgIpc) is 2.65. The second kappa shape index (κ2) is 4.04. The van der Waals surface area contributed by atoms with Crippen LogP contribution in [0.25, 0.3) is 0 Å². The van der Waals surface area contributed by atoms with E-state index < -0.39 is 0 Å². The van der Waals surface area contributed by atoms with E-state index in [-0.39, 0.29) is 0 Å². The first-order valence-corrected chi connectivity index (χ1v) is 5.53. The van der Waals surface area contributed by atoms with Gasteiger partial charge in [-0.2, -0.15) is 4.98 Å². The molecule has 2 N–H and O–H groups in total. The van der Waals surface area contributed by atoms with E-state index in [1.807, 2.05) is 0 Å². The molecule has 15 heavy (non-hydrogen) atoms. The van der Waals surface area contributed by atoms with Gasteiger partial charge in [0.05, 0.1) is 0 Å². The molecule has 1 aliphatic rings. The second-order valence-electron chi connectivity index (χ2n) is 4.43. The van der Waals surface area contributed by atoms with Crippen LogP contribution in [0.2, 0.25) is 0 Å². The zero-order valence-corrected chi connectivity index (χ0v) is 9.35. The second-order valence-corrected chi connectivity index (χ2v) is 4.43. The van der Waals surface area contributed by atoms with Crippen LogP contribution in [0.3, 0.4) is 0 Å². The molecule has 82 valence electrons. The van der Waals surface area contributed by atoms with Crippen LogP contribution in [-0.4, -0.2) is 22.6 Å². The van der Waals surface area contributed by atoms with Gasteiger partial charge in [0, 0.05) is 18.8 Å². The van der Waals surface area contributed by atoms with Gasteiger partial charge in [-0.3, -0.25) is 0 Å². The van der Waals surface area contributed by atoms with E-state index in [1.165, 1.54) is 12.8 Å². The molecule has 0 bridgehead atoms. The van der Waals surface area contributed by atoms with Crippen molar-refractivity contribution in [1.82, 2.24) is 9.97 Å². The number of aromatic nitrogens is 2. The van der Waals surface area contributed by atoms with Gasteiger partial charge in [-0.25, -0.2) is 4.98 Å². The molecule has 1 aromatic rings. The maximum absolute atomic E-state index is 5.67. The molecule has 0 aliphatic carbocycles. The van der Waals surface area contributed by atoms with E-state index in [1.54, 1.807) is 12.3 Å². The van der Waals surface area contributed by atoms with E-state index >= 15 is 0 Å². The summed E-state index contributed by atoms with van der Waals surface area (Å²) >= 11 is 0. The Morgan fingerprint density at radius 1 is 1.53 bits per heavy atom. The van der Waals surface area contributed by atoms with Crippen molar-refractivity contribution in [2.24, 2.45) is 5.92 Å². The molecular formula is C11H18N4. The molecule has 0 aromatic carbocycles. The van der Waals surface area contributed by atoms with Gasteiger partial charge >= 0.3 is 0 Å². The van der Waals surface area contributed by atoms with Crippen molar-refractivity contribution < 1.29 is 0 Å². The highest BCUT2D eigenvalue weighted by Gasteiger charge is 2.28. The highest BCUT2D eigenvalue weighted by Crippen LogP contribution is 2.27. The minimum absolute atomic E-state index is 0.550. The Morgan fingerprint density at radius 3 is 3.00 bits per heavy atom. The third-order valence-corrected chi connectivity index (χ3v) is 2.99. The average molecular weight is 206 g/mol. The summed E-state index contributed by atoms with van der Waals surface area (Å²) in [5.74, 6) is 1.97. The summed E-state index contributed by atoms with van der Waals surface area (Å²) in [6, 6.07) is 2.29. The monoisotopic (exact) mass is 206 g/mol. The fourth-order valence-corrected chi connectivity index (χ4v) is 2.23. The molecular weight excluding hydrogens is 188 g/mol. The molecule has 0 spiro atoms. The van der Waals surface area contributed by atoms with Gasteiger partial charge in [0.25, 0.3) is 0 Å². The molecule has 1 saturated heterocycles. The zero-order valence-electron chi connectivity index (χ0n) is 9.35. The first kappa shape index (κ1) is 10.2. The lowest BCUT2D eigenvalue weighted by molar-refractivity contribution is 0.487. The normalized spacial score (nSPS) is 21.3. The quantitative estimate of drug-likeness (QED) is 0.800. The van der Waals surface area contributed by atoms with Crippen molar-refractivity contribution in [3.63, 3.8) is 0 Å². The van der Waals surface area contributed by atoms with Crippen molar-refractivity contribution in [3.8, 4) is 0 Å². The Labute approximate surface area is 90.5 Å². The van der Waals surface area contributed by atoms with Crippen LogP contribution in [0.5, 0.6) is 0 Å². The lowest BCUT2D eigenvalue weighted by Gasteiger charge is -2.27. The summed E-state index contributed by atoms with van der Waals surface area (Å²) < 4.78 is 0. The van der Waals surface area contributed by atoms with Crippen molar-refractivity contribution in [2.75, 3.05) is 17.2 Å². The molecule has 1 unspecified atom stereocenters. The number of nitrogen functional groups attached to an aromatic ring is 1. The summed E-state index contributed by atoms with van der Waals surface area (Å²) in [6.07, 6.45) is 4.18. The maximum Gasteiger partial charge on any atom is 0.227 e. The number of rotatable bonds is 2. The lowest BCUT2D eigenvalue weighted by atomic mass is 10.0. The van der Waals surface area contributed by atoms with Crippen molar-refractivity contribution in [2.45, 2.75) is 32.7 Å². The van der Waals surface area contributed by atoms with Crippen molar-refractivity contribution in [1.29, 1.82) is 0 Å². The Bertz CT molecular complexity index is 337. The molecule has 4 nitrogen and oxygen atoms in total. The molecule has 0 saturated carbocycles. The maximum atomic E-state index is 5.67. The van der Waals surface area contributed by atoms with Gasteiger partial charge in [-0.1, -0.05) is 13.8 Å². The largest absolute Gasteiger partial charge is 0.384 e.